The van der Waals surface area contributed by atoms with Gasteiger partial charge in [-0.3, -0.25) is 14.3 Å². The Bertz CT molecular complexity index is 824. The maximum absolute atomic E-state index is 13.6. The molecular weight excluding hydrogens is 423 g/mol. The summed E-state index contributed by atoms with van der Waals surface area (Å²) in [6, 6.07) is 1.46. The van der Waals surface area contributed by atoms with E-state index in [1.54, 1.807) is 14.1 Å². The van der Waals surface area contributed by atoms with Gasteiger partial charge in [0.15, 0.2) is 5.13 Å². The van der Waals surface area contributed by atoms with Gasteiger partial charge in [-0.05, 0) is 27.4 Å². The van der Waals surface area contributed by atoms with Crippen LogP contribution in [0.5, 0.6) is 0 Å². The number of likely N-dealkylation sites (tertiary alicyclic amines) is 1. The molecule has 2 amide bonds. The number of rotatable bonds is 3. The van der Waals surface area contributed by atoms with Crippen LogP contribution in [0, 0.1) is 11.0 Å². The van der Waals surface area contributed by atoms with Gasteiger partial charge in [0.1, 0.15) is 11.1 Å². The maximum atomic E-state index is 13.6. The number of hydrogen-bond donors (Lipinski definition) is 1. The quantitative estimate of drug-likeness (QED) is 0.754. The normalized spacial score (nSPS) is 20.7. The number of anilines is 1. The highest BCUT2D eigenvalue weighted by Gasteiger charge is 2.46. The van der Waals surface area contributed by atoms with Crippen molar-refractivity contribution in [1.82, 2.24) is 14.7 Å². The second-order valence-electron chi connectivity index (χ2n) is 5.51. The summed E-state index contributed by atoms with van der Waals surface area (Å²) in [5.41, 5.74) is 0.607. The SMILES string of the molecule is CN1C[C@H](c2nn(C)c(Cl)c2Br)[C@@H](C(=O)Nc2ccsc2F)C1=O. The molecule has 128 valence electrons. The molecule has 0 bridgehead atoms. The summed E-state index contributed by atoms with van der Waals surface area (Å²) in [6.45, 7) is 0.328. The first-order valence-electron chi connectivity index (χ1n) is 6.98. The number of aryl methyl sites for hydroxylation is 1. The average Bonchev–Trinajstić information content (AvgIpc) is 3.14. The molecule has 24 heavy (non-hydrogen) atoms. The smallest absolute Gasteiger partial charge is 0.237 e. The lowest BCUT2D eigenvalue weighted by atomic mass is 9.91. The fourth-order valence-corrected chi connectivity index (χ4v) is 4.10. The maximum Gasteiger partial charge on any atom is 0.237 e. The zero-order valence-corrected chi connectivity index (χ0v) is 15.9. The van der Waals surface area contributed by atoms with Gasteiger partial charge in [-0.2, -0.15) is 9.49 Å². The number of carbonyl (C=O) groups is 2. The van der Waals surface area contributed by atoms with E-state index in [0.717, 1.165) is 11.3 Å². The van der Waals surface area contributed by atoms with Crippen molar-refractivity contribution in [2.75, 3.05) is 18.9 Å². The molecule has 0 spiro atoms. The molecule has 1 aliphatic heterocycles. The van der Waals surface area contributed by atoms with Crippen molar-refractivity contribution >= 4 is 56.4 Å². The lowest BCUT2D eigenvalue weighted by Crippen LogP contribution is -2.33. The molecule has 2 atom stereocenters. The third kappa shape index (κ3) is 2.84. The number of likely N-dealkylation sites (N-methyl/N-ethyl adjacent to an activating group) is 1. The molecule has 6 nitrogen and oxygen atoms in total. The molecule has 10 heteroatoms. The van der Waals surface area contributed by atoms with Crippen molar-refractivity contribution in [3.05, 3.63) is 31.9 Å². The van der Waals surface area contributed by atoms with Crippen molar-refractivity contribution in [3.63, 3.8) is 0 Å². The van der Waals surface area contributed by atoms with E-state index in [4.69, 9.17) is 11.6 Å². The minimum absolute atomic E-state index is 0.0734. The molecule has 0 saturated carbocycles. The largest absolute Gasteiger partial charge is 0.344 e. The molecule has 1 fully saturated rings. The Morgan fingerprint density at radius 1 is 1.54 bits per heavy atom. The highest BCUT2D eigenvalue weighted by molar-refractivity contribution is 9.10. The van der Waals surface area contributed by atoms with Crippen LogP contribution < -0.4 is 5.32 Å². The molecule has 0 aromatic carbocycles. The highest BCUT2D eigenvalue weighted by Crippen LogP contribution is 2.39. The van der Waals surface area contributed by atoms with Crippen LogP contribution in [0.1, 0.15) is 11.6 Å². The van der Waals surface area contributed by atoms with Gasteiger partial charge in [-0.25, -0.2) is 0 Å². The Morgan fingerprint density at radius 3 is 2.79 bits per heavy atom. The van der Waals surface area contributed by atoms with E-state index in [0.29, 0.717) is 21.9 Å². The Kier molecular flexibility index (Phi) is 4.67. The van der Waals surface area contributed by atoms with E-state index in [-0.39, 0.29) is 11.6 Å². The van der Waals surface area contributed by atoms with E-state index in [1.807, 2.05) is 0 Å². The molecule has 3 heterocycles. The fraction of sp³-hybridized carbons (Fsp3) is 0.357. The summed E-state index contributed by atoms with van der Waals surface area (Å²) < 4.78 is 15.6. The van der Waals surface area contributed by atoms with E-state index >= 15 is 0 Å². The molecule has 1 saturated heterocycles. The first kappa shape index (κ1) is 17.4. The molecule has 3 rings (SSSR count). The van der Waals surface area contributed by atoms with E-state index in [1.165, 1.54) is 21.0 Å². The molecular formula is C14H13BrClFN4O2S. The van der Waals surface area contributed by atoms with E-state index in [2.05, 4.69) is 26.3 Å². The van der Waals surface area contributed by atoms with Crippen LogP contribution >= 0.6 is 38.9 Å². The van der Waals surface area contributed by atoms with Gasteiger partial charge in [-0.1, -0.05) is 11.6 Å². The predicted molar refractivity (Wildman–Crippen MR) is 92.7 cm³/mol. The van der Waals surface area contributed by atoms with Gasteiger partial charge in [0.25, 0.3) is 0 Å². The number of amides is 2. The van der Waals surface area contributed by atoms with Gasteiger partial charge in [0.2, 0.25) is 11.8 Å². The number of thiophene rings is 1. The van der Waals surface area contributed by atoms with Crippen LogP contribution in [0.3, 0.4) is 0 Å². The monoisotopic (exact) mass is 434 g/mol. The molecule has 0 aliphatic carbocycles. The van der Waals surface area contributed by atoms with Gasteiger partial charge >= 0.3 is 0 Å². The molecule has 2 aromatic heterocycles. The summed E-state index contributed by atoms with van der Waals surface area (Å²) in [7, 11) is 3.29. The number of aromatic nitrogens is 2. The van der Waals surface area contributed by atoms with Crippen molar-refractivity contribution < 1.29 is 14.0 Å². The average molecular weight is 436 g/mol. The van der Waals surface area contributed by atoms with Gasteiger partial charge in [0, 0.05) is 26.6 Å². The standard InChI is InChI=1S/C14H13BrClFN4O2S/c1-20-5-6(10-9(15)11(16)21(2)19-10)8(14(20)23)13(22)18-7-3-4-24-12(7)17/h3-4,6,8H,5H2,1-2H3,(H,18,22)/t6-,8-/m0/s1. The first-order valence-corrected chi connectivity index (χ1v) is 9.03. The third-order valence-electron chi connectivity index (χ3n) is 3.97. The van der Waals surface area contributed by atoms with Crippen molar-refractivity contribution in [2.45, 2.75) is 5.92 Å². The minimum Gasteiger partial charge on any atom is -0.344 e. The predicted octanol–water partition coefficient (Wildman–Crippen LogP) is 2.85. The van der Waals surface area contributed by atoms with E-state index in [9.17, 15) is 14.0 Å². The Labute approximate surface area is 154 Å². The second kappa shape index (κ2) is 6.45. The topological polar surface area (TPSA) is 67.2 Å². The van der Waals surface area contributed by atoms with Crippen molar-refractivity contribution in [2.24, 2.45) is 13.0 Å². The summed E-state index contributed by atoms with van der Waals surface area (Å²) in [5.74, 6) is -2.35. The summed E-state index contributed by atoms with van der Waals surface area (Å²) in [5, 5.41) is 8.22. The van der Waals surface area contributed by atoms with Crippen molar-refractivity contribution in [1.29, 1.82) is 0 Å². The second-order valence-corrected chi connectivity index (χ2v) is 7.53. The number of nitrogens with one attached hydrogen (secondary N) is 1. The van der Waals surface area contributed by atoms with Gasteiger partial charge < -0.3 is 10.2 Å². The summed E-state index contributed by atoms with van der Waals surface area (Å²) in [4.78, 5) is 26.5. The Balaban J connectivity index is 1.93. The number of carbonyl (C=O) groups excluding carboxylic acids is 2. The highest BCUT2D eigenvalue weighted by atomic mass is 79.9. The Hall–Kier alpha value is -1.45. The fourth-order valence-electron chi connectivity index (χ4n) is 2.77. The molecule has 1 aliphatic rings. The van der Waals surface area contributed by atoms with Gasteiger partial charge in [0.05, 0.1) is 15.9 Å². The summed E-state index contributed by atoms with van der Waals surface area (Å²) in [6.07, 6.45) is 0. The van der Waals surface area contributed by atoms with Crippen LogP contribution in [0.4, 0.5) is 10.1 Å². The van der Waals surface area contributed by atoms with Crippen LogP contribution in [0.2, 0.25) is 5.15 Å². The number of halogens is 3. The molecule has 0 radical (unpaired) electrons. The van der Waals surface area contributed by atoms with E-state index < -0.39 is 22.9 Å². The first-order chi connectivity index (χ1) is 11.3. The van der Waals surface area contributed by atoms with Crippen LogP contribution in [0.25, 0.3) is 0 Å². The number of nitrogens with zero attached hydrogens (tertiary/aromatic N) is 3. The molecule has 1 N–H and O–H groups in total. The van der Waals surface area contributed by atoms with Crippen LogP contribution in [-0.2, 0) is 16.6 Å². The van der Waals surface area contributed by atoms with Crippen LogP contribution in [0.15, 0.2) is 15.9 Å². The minimum atomic E-state index is -0.989. The molecule has 0 unspecified atom stereocenters. The lowest BCUT2D eigenvalue weighted by Gasteiger charge is -2.14. The lowest BCUT2D eigenvalue weighted by molar-refractivity contribution is -0.135. The number of hydrogen-bond acceptors (Lipinski definition) is 4. The van der Waals surface area contributed by atoms with Gasteiger partial charge in [-0.15, -0.1) is 11.3 Å². The van der Waals surface area contributed by atoms with Crippen molar-refractivity contribution in [3.8, 4) is 0 Å². The molecule has 2 aromatic rings. The Morgan fingerprint density at radius 2 is 2.25 bits per heavy atom. The summed E-state index contributed by atoms with van der Waals surface area (Å²) >= 11 is 10.4. The zero-order valence-electron chi connectivity index (χ0n) is 12.7. The van der Waals surface area contributed by atoms with Crippen LogP contribution in [-0.4, -0.2) is 40.1 Å². The zero-order chi connectivity index (χ0) is 17.6. The third-order valence-corrected chi connectivity index (χ3v) is 6.12.